The Morgan fingerprint density at radius 1 is 0.357 bits per heavy atom. The Morgan fingerprint density at radius 3 is 1.16 bits per heavy atom. The van der Waals surface area contributed by atoms with Gasteiger partial charge in [0.2, 0.25) is 0 Å². The predicted octanol–water partition coefficient (Wildman–Crippen LogP) is 32.2. The van der Waals surface area contributed by atoms with Gasteiger partial charge in [-0.3, -0.25) is 10.1 Å². The fourth-order valence-electron chi connectivity index (χ4n) is 17.5. The Hall–Kier alpha value is -15.4. The predicted molar refractivity (Wildman–Crippen MR) is 592 cm³/mol. The minimum atomic E-state index is -0.665. The van der Waals surface area contributed by atoms with Crippen LogP contribution in [0.5, 0.6) is 17.2 Å². The molecule has 17 heteroatoms. The smallest absolute Gasteiger partial charge is 0.649 e. The standard InChI is InChI=1S/C44H32N2.C36H24N2.C12H10O.C11H8N.C10H9NO.C9H7NO.CH4BP.2Al.Ir.H2NP.H/c1-3-17-37(18-4-1)45(43-23-11-15-35-13-7-9-21-41(35)43)39-29-25-33(26-30-39)34-27-31-40(32-28-34)46(38-19-5-2-6-20-38)44-24-12-16-36-14-8-10-22-42(36)44;1-5-13-33-29(9-1)30-10-2-6-14-34(30)37(33)27-21-17-25(18-22-27)26-19-23-28(24-20-26)38-35-15-7-3-11-31(35)32-12-4-8-16-36(32)38;13-12-8-6-11(7-9-12)10-4-2-1-3-5-10;1-2-6-10(7-3-1)11-8-4-5-9-12-11;1-7-5-6-8-3-2-4-9(12)10(8)11-7;11-8-5-1-3-7-4-2-6-10-9(7)8;2-1-3;;;;1-2;/h1-32H;1-24H;1-9,13H;1-6,8-9H;2-6,12H,1H3;1-6,11H;1,3H2;;;;1-2H;/q;;;-1;;;;+1;+2;;;/p-3/i/hD. The first-order valence-corrected chi connectivity index (χ1v) is 48.6. The Kier molecular flexibility index (Phi) is 32.2. The molecule has 1 atom stereocenters. The van der Waals surface area contributed by atoms with E-state index in [-0.39, 0.29) is 20.1 Å². The Bertz CT molecular complexity index is 7770. The third-order valence-corrected chi connectivity index (χ3v) is 24.9. The van der Waals surface area contributed by atoms with E-state index in [1.807, 2.05) is 134 Å². The fraction of sp³-hybridized carbons (Fsp3) is 0.0163. The minimum Gasteiger partial charge on any atom is -0.649 e. The molecule has 0 amide bonds. The van der Waals surface area contributed by atoms with Crippen LogP contribution in [-0.4, -0.2) is 70.5 Å². The average molecular weight is 2050 g/mol. The van der Waals surface area contributed by atoms with Gasteiger partial charge in [-0.15, -0.1) is 45.1 Å². The zero-order chi connectivity index (χ0) is 95.6. The summed E-state index contributed by atoms with van der Waals surface area (Å²) in [6.45, 7) is 1.98. The number of benzene rings is 19. The number of rotatable bonds is 17. The summed E-state index contributed by atoms with van der Waals surface area (Å²) in [6, 6.07) is 177. The summed E-state index contributed by atoms with van der Waals surface area (Å²) in [7, 11) is 9.64. The third-order valence-electron chi connectivity index (χ3n) is 23.9. The van der Waals surface area contributed by atoms with Gasteiger partial charge in [-0.25, -0.2) is 4.98 Å². The molecule has 140 heavy (non-hydrogen) atoms. The van der Waals surface area contributed by atoms with Crippen LogP contribution in [0.25, 0.3) is 143 Å². The van der Waals surface area contributed by atoms with Gasteiger partial charge in [0.1, 0.15) is 22.5 Å². The number of para-hydroxylation sites is 8. The molecule has 0 aliphatic rings. The van der Waals surface area contributed by atoms with Crippen LogP contribution in [0.3, 0.4) is 0 Å². The monoisotopic (exact) mass is 2050 g/mol. The zero-order valence-electron chi connectivity index (χ0n) is 77.8. The van der Waals surface area contributed by atoms with E-state index in [1.54, 1.807) is 12.4 Å². The van der Waals surface area contributed by atoms with Gasteiger partial charge in [-0.1, -0.05) is 328 Å². The van der Waals surface area contributed by atoms with E-state index in [9.17, 15) is 0 Å². The number of hydrogen-bond donors (Lipinski definition) is 1. The van der Waals surface area contributed by atoms with Crippen molar-refractivity contribution in [3.05, 3.63) is 522 Å². The van der Waals surface area contributed by atoms with Crippen LogP contribution in [-0.2, 0) is 20.1 Å². The molecule has 0 aliphatic carbocycles. The van der Waals surface area contributed by atoms with Crippen molar-refractivity contribution in [2.45, 2.75) is 6.92 Å². The average Bonchev–Trinajstić information content (AvgIpc) is 1.61. The van der Waals surface area contributed by atoms with E-state index in [0.29, 0.717) is 6.06 Å². The van der Waals surface area contributed by atoms with Crippen LogP contribution in [0.15, 0.2) is 510 Å². The number of pyridine rings is 3. The Balaban J connectivity index is 0.000000129. The van der Waals surface area contributed by atoms with Gasteiger partial charge in [0.15, 0.2) is 1.41 Å². The SMILES string of the molecule is Cc1ccc2cccc([O][Al][O]c3ccc(-c4ccccc4)cc3)c2n1.[2H]N=P.[AlH][O]c1cccc2cccnc12.[B]CP.[Ir].[c-]1ccccc1-c1ccccn1.c1ccc(N(c2ccc(-c3ccc(N(c4ccccc4)c4cccc5ccccc45)cc3)cc2)c2cccc3ccccc23)cc1.c1ccc2c(c1)c1ccccc1n2-c1ccc(-c2ccc(-n3c4ccccc4c4ccccc43)cc2)cc1. The van der Waals surface area contributed by atoms with Crippen molar-refractivity contribution in [1.29, 1.82) is 5.15 Å². The molecule has 0 aliphatic heterocycles. The van der Waals surface area contributed by atoms with Crippen molar-refractivity contribution in [3.8, 4) is 73.3 Å². The molecule has 5 heterocycles. The van der Waals surface area contributed by atoms with Crippen molar-refractivity contribution in [2.75, 3.05) is 15.9 Å². The second-order valence-corrected chi connectivity index (χ2v) is 33.9. The van der Waals surface area contributed by atoms with E-state index in [1.165, 1.54) is 127 Å². The van der Waals surface area contributed by atoms with E-state index in [2.05, 4.69) is 433 Å². The minimum absolute atomic E-state index is 0. The Labute approximate surface area is 852 Å². The van der Waals surface area contributed by atoms with Crippen LogP contribution in [0, 0.1) is 18.1 Å². The quantitative estimate of drug-likeness (QED) is 0.0546. The Morgan fingerprint density at radius 2 is 0.714 bits per heavy atom. The van der Waals surface area contributed by atoms with Crippen molar-refractivity contribution in [1.82, 2.24) is 24.1 Å². The van der Waals surface area contributed by atoms with Gasteiger partial charge >= 0.3 is 32.5 Å². The summed E-state index contributed by atoms with van der Waals surface area (Å²) >= 11 is 0.801. The molecule has 11 nitrogen and oxygen atoms in total. The first-order chi connectivity index (χ1) is 69.2. The zero-order valence-corrected chi connectivity index (χ0v) is 83.9. The molecule has 673 valence electrons. The van der Waals surface area contributed by atoms with Gasteiger partial charge in [-0.2, -0.15) is 0 Å². The van der Waals surface area contributed by atoms with E-state index in [0.717, 1.165) is 90.1 Å². The van der Waals surface area contributed by atoms with Crippen LogP contribution in [0.1, 0.15) is 5.69 Å². The number of nitrogens with one attached hydrogen (secondary N) is 1. The van der Waals surface area contributed by atoms with Crippen LogP contribution >= 0.6 is 18.3 Å². The number of hydrogen-bond acceptors (Lipinski definition) is 9. The molecule has 0 saturated carbocycles. The number of nitrogens with zero attached hydrogens (tertiary/aromatic N) is 7. The van der Waals surface area contributed by atoms with Crippen LogP contribution in [0.4, 0.5) is 34.1 Å². The summed E-state index contributed by atoms with van der Waals surface area (Å²) in [5, 5.41) is 14.8. The molecule has 24 rings (SSSR count). The largest absolute Gasteiger partial charge is 0.881 e. The second-order valence-electron chi connectivity index (χ2n) is 32.5. The molecular weight excluding hydrogens is 1960 g/mol. The molecule has 0 saturated heterocycles. The molecular formula is C123H94Al2BIrN8O3P2-. The second kappa shape index (κ2) is 47.6. The summed E-state index contributed by atoms with van der Waals surface area (Å²) < 4.78 is 27.4. The molecule has 1 unspecified atom stereocenters. The molecule has 0 spiro atoms. The maximum atomic E-state index is 5.89. The normalized spacial score (nSPS) is 10.7. The number of aromatic nitrogens is 5. The first-order valence-electron chi connectivity index (χ1n) is 46.2. The van der Waals surface area contributed by atoms with E-state index < -0.39 is 15.9 Å². The van der Waals surface area contributed by atoms with Crippen LogP contribution < -0.4 is 21.2 Å². The van der Waals surface area contributed by atoms with Crippen molar-refractivity contribution in [2.24, 2.45) is 0 Å². The van der Waals surface area contributed by atoms with Gasteiger partial charge in [-0.05, 0) is 217 Å². The van der Waals surface area contributed by atoms with Gasteiger partial charge in [0.05, 0.1) is 47.0 Å². The molecule has 19 aromatic carbocycles. The maximum Gasteiger partial charge on any atom is 0.881 e. The third kappa shape index (κ3) is 22.4. The molecule has 5 aromatic heterocycles. The fourth-order valence-corrected chi connectivity index (χ4v) is 18.3. The van der Waals surface area contributed by atoms with Gasteiger partial charge in [0, 0.05) is 115 Å². The van der Waals surface area contributed by atoms with Crippen molar-refractivity contribution in [3.63, 3.8) is 0 Å². The topological polar surface area (TPSA) is 107 Å². The van der Waals surface area contributed by atoms with E-state index >= 15 is 0 Å². The molecule has 0 bridgehead atoms. The summed E-state index contributed by atoms with van der Waals surface area (Å²) in [4.78, 5) is 17.7. The van der Waals surface area contributed by atoms with Crippen molar-refractivity contribution < 1.29 is 32.9 Å². The van der Waals surface area contributed by atoms with Gasteiger partial charge in [0.25, 0.3) is 0 Å². The van der Waals surface area contributed by atoms with Gasteiger partial charge < -0.3 is 35.3 Å². The molecule has 0 fully saturated rings. The molecule has 1 N–H and O–H groups in total. The summed E-state index contributed by atoms with van der Waals surface area (Å²) in [5.74, 6) is 2.41. The number of fused-ring (bicyclic) bond motifs is 10. The summed E-state index contributed by atoms with van der Waals surface area (Å²) in [6.07, 6.45) is 3.56. The number of anilines is 6. The maximum absolute atomic E-state index is 5.89. The molecule has 5 radical (unpaired) electrons. The number of aryl methyl sites for hydroxylation is 1. The first kappa shape index (κ1) is 94.9. The van der Waals surface area contributed by atoms with Crippen molar-refractivity contribution >= 4 is 180 Å². The summed E-state index contributed by atoms with van der Waals surface area (Å²) in [5.41, 5.74) is 26.0. The van der Waals surface area contributed by atoms with Crippen LogP contribution in [0.2, 0.25) is 1.41 Å². The molecule has 24 aromatic rings. The van der Waals surface area contributed by atoms with E-state index in [4.69, 9.17) is 20.6 Å².